The average Bonchev–Trinajstić information content (AvgIpc) is 2.81. The molecule has 0 aromatic heterocycles. The van der Waals surface area contributed by atoms with Crippen LogP contribution in [0.2, 0.25) is 0 Å². The topological polar surface area (TPSA) is 160 Å². The monoisotopic (exact) mass is 517 g/mol. The van der Waals surface area contributed by atoms with Gasteiger partial charge in [-0.2, -0.15) is 0 Å². The summed E-state index contributed by atoms with van der Waals surface area (Å²) in [7, 11) is 3.57. The fourth-order valence-electron chi connectivity index (χ4n) is 2.73. The van der Waals surface area contributed by atoms with E-state index in [9.17, 15) is 29.4 Å². The molecule has 2 amide bonds. The van der Waals surface area contributed by atoms with Crippen molar-refractivity contribution >= 4 is 23.8 Å². The normalized spacial score (nSPS) is 10.0. The third-order valence-electron chi connectivity index (χ3n) is 4.68. The molecule has 0 saturated heterocycles. The number of carboxylic acid groups (broad SMARTS) is 2. The molecule has 11 nitrogen and oxygen atoms in total. The van der Waals surface area contributed by atoms with Gasteiger partial charge in [-0.1, -0.05) is 24.3 Å². The molecule has 2 aromatic rings. The van der Waals surface area contributed by atoms with Gasteiger partial charge in [0.25, 0.3) is 11.8 Å². The van der Waals surface area contributed by atoms with Crippen molar-refractivity contribution in [2.75, 3.05) is 40.4 Å². The molecule has 0 aliphatic heterocycles. The van der Waals surface area contributed by atoms with Crippen molar-refractivity contribution in [3.05, 3.63) is 59.7 Å². The van der Waals surface area contributed by atoms with E-state index < -0.39 is 23.8 Å². The third-order valence-corrected chi connectivity index (χ3v) is 4.68. The summed E-state index contributed by atoms with van der Waals surface area (Å²) < 4.78 is 10.6. The number of carbonyl (C=O) groups is 4. The van der Waals surface area contributed by atoms with Crippen molar-refractivity contribution in [1.82, 2.24) is 15.5 Å². The van der Waals surface area contributed by atoms with Crippen LogP contribution < -0.4 is 89.4 Å². The zero-order valence-corrected chi connectivity index (χ0v) is 24.7. The van der Waals surface area contributed by atoms with Gasteiger partial charge in [0, 0.05) is 30.3 Å². The molecule has 0 radical (unpaired) electrons. The quantitative estimate of drug-likeness (QED) is 0.246. The van der Waals surface area contributed by atoms with Gasteiger partial charge in [0.1, 0.15) is 11.5 Å². The van der Waals surface area contributed by atoms with Gasteiger partial charge >= 0.3 is 59.1 Å². The molecule has 0 spiro atoms. The molecule has 36 heavy (non-hydrogen) atoms. The Bertz CT molecular complexity index is 958. The van der Waals surface area contributed by atoms with Crippen LogP contribution in [-0.2, 0) is 9.59 Å². The van der Waals surface area contributed by atoms with E-state index in [4.69, 9.17) is 9.47 Å². The molecule has 0 saturated carbocycles. The Kier molecular flexibility index (Phi) is 16.3. The Morgan fingerprint density at radius 3 is 1.50 bits per heavy atom. The van der Waals surface area contributed by atoms with Gasteiger partial charge in [0.2, 0.25) is 0 Å². The molecule has 0 aliphatic carbocycles. The summed E-state index contributed by atoms with van der Waals surface area (Å²) in [6.45, 7) is -0.213. The van der Waals surface area contributed by atoms with Crippen LogP contribution >= 0.6 is 0 Å². The summed E-state index contributed by atoms with van der Waals surface area (Å²) in [6.07, 6.45) is 0. The van der Waals surface area contributed by atoms with E-state index in [2.05, 4.69) is 10.6 Å². The van der Waals surface area contributed by atoms with Crippen molar-refractivity contribution in [3.63, 3.8) is 0 Å². The molecule has 2 rings (SSSR count). The predicted molar refractivity (Wildman–Crippen MR) is 116 cm³/mol. The number of hydrogen-bond acceptors (Lipinski definition) is 9. The van der Waals surface area contributed by atoms with Gasteiger partial charge in [-0.25, -0.2) is 0 Å². The number of ether oxygens (including phenoxy) is 2. The molecule has 2 aromatic carbocycles. The van der Waals surface area contributed by atoms with Crippen LogP contribution in [0.5, 0.6) is 11.5 Å². The maximum atomic E-state index is 12.1. The molecule has 0 heterocycles. The number of carbonyl (C=O) groups excluding carboxylic acids is 4. The van der Waals surface area contributed by atoms with Gasteiger partial charge < -0.3 is 44.8 Å². The molecular formula is C23H25N3Na2O8. The second-order valence-corrected chi connectivity index (χ2v) is 7.43. The Labute approximate surface area is 253 Å². The number of hydrogen-bond donors (Lipinski definition) is 2. The van der Waals surface area contributed by atoms with Crippen LogP contribution in [0.4, 0.5) is 0 Å². The van der Waals surface area contributed by atoms with Crippen molar-refractivity contribution in [2.24, 2.45) is 0 Å². The molecule has 182 valence electrons. The first-order chi connectivity index (χ1) is 16.2. The number of aromatic carboxylic acids is 2. The van der Waals surface area contributed by atoms with E-state index in [0.717, 1.165) is 0 Å². The fourth-order valence-corrected chi connectivity index (χ4v) is 2.73. The minimum absolute atomic E-state index is 0. The number of nitrogens with one attached hydrogen (secondary N) is 2. The van der Waals surface area contributed by atoms with Gasteiger partial charge in [-0.05, 0) is 38.4 Å². The van der Waals surface area contributed by atoms with Crippen molar-refractivity contribution in [3.8, 4) is 11.5 Å². The van der Waals surface area contributed by atoms with E-state index in [-0.39, 0.29) is 114 Å². The summed E-state index contributed by atoms with van der Waals surface area (Å²) in [5.41, 5.74) is -0.117. The molecule has 0 aliphatic rings. The van der Waals surface area contributed by atoms with E-state index in [1.807, 2.05) is 4.90 Å². The molecule has 0 fully saturated rings. The number of carboxylic acids is 2. The maximum Gasteiger partial charge on any atom is 1.00 e. The maximum absolute atomic E-state index is 12.1. The molecule has 0 bridgehead atoms. The van der Waals surface area contributed by atoms with Crippen LogP contribution in [0.25, 0.3) is 0 Å². The summed E-state index contributed by atoms with van der Waals surface area (Å²) in [6, 6.07) is 11.0. The zero-order valence-electron chi connectivity index (χ0n) is 20.7. The summed E-state index contributed by atoms with van der Waals surface area (Å²) >= 11 is 0. The largest absolute Gasteiger partial charge is 1.00 e. The van der Waals surface area contributed by atoms with Gasteiger partial charge in [0.15, 0.2) is 13.2 Å². The minimum Gasteiger partial charge on any atom is -0.545 e. The van der Waals surface area contributed by atoms with Gasteiger partial charge in [-0.3, -0.25) is 9.59 Å². The van der Waals surface area contributed by atoms with Crippen molar-refractivity contribution in [2.45, 2.75) is 6.04 Å². The zero-order chi connectivity index (χ0) is 25.1. The number of benzene rings is 2. The third kappa shape index (κ3) is 12.2. The Balaban J connectivity index is 0.00000612. The fraction of sp³-hybridized carbons (Fsp3) is 0.304. The first kappa shape index (κ1) is 33.9. The molecule has 2 N–H and O–H groups in total. The van der Waals surface area contributed by atoms with Crippen LogP contribution in [0.3, 0.4) is 0 Å². The number of likely N-dealkylation sites (N-methyl/N-ethyl adjacent to an activating group) is 1. The summed E-state index contributed by atoms with van der Waals surface area (Å²) in [5, 5.41) is 27.1. The standard InChI is InChI=1S/C23H27N3O8.2Na/c1-26(2)17(11-24-20(27)13-33-18-7-3-5-15(9-18)22(29)30)12-25-21(28)14-34-19-8-4-6-16(10-19)23(31)32;;/h3-10,17H,11-14H2,1-2H3,(H,24,27)(H,25,28)(H,29,30)(H,31,32);;/q;2*+1/p-2. The van der Waals surface area contributed by atoms with Crippen LogP contribution in [-0.4, -0.2) is 75.1 Å². The van der Waals surface area contributed by atoms with Gasteiger partial charge in [-0.15, -0.1) is 0 Å². The number of amides is 2. The molecule has 0 atom stereocenters. The van der Waals surface area contributed by atoms with E-state index >= 15 is 0 Å². The SMILES string of the molecule is CN(C)C(CNC(=O)COc1cccc(C(=O)[O-])c1)CNC(=O)COc1cccc(C(=O)[O-])c1.[Na+].[Na+]. The van der Waals surface area contributed by atoms with E-state index in [1.54, 1.807) is 14.1 Å². The van der Waals surface area contributed by atoms with Crippen LogP contribution in [0.1, 0.15) is 20.7 Å². The molecular weight excluding hydrogens is 492 g/mol. The Morgan fingerprint density at radius 1 is 0.778 bits per heavy atom. The van der Waals surface area contributed by atoms with Gasteiger partial charge in [0.05, 0.1) is 11.9 Å². The van der Waals surface area contributed by atoms with E-state index in [1.165, 1.54) is 48.5 Å². The first-order valence-electron chi connectivity index (χ1n) is 10.2. The Hall–Kier alpha value is -2.12. The van der Waals surface area contributed by atoms with Crippen molar-refractivity contribution < 1.29 is 98.0 Å². The Morgan fingerprint density at radius 2 is 1.17 bits per heavy atom. The smallest absolute Gasteiger partial charge is 0.545 e. The first-order valence-corrected chi connectivity index (χ1v) is 10.2. The average molecular weight is 517 g/mol. The van der Waals surface area contributed by atoms with Crippen LogP contribution in [0, 0.1) is 0 Å². The number of rotatable bonds is 13. The van der Waals surface area contributed by atoms with Crippen molar-refractivity contribution in [1.29, 1.82) is 0 Å². The minimum atomic E-state index is -1.35. The van der Waals surface area contributed by atoms with E-state index in [0.29, 0.717) is 0 Å². The molecule has 0 unspecified atom stereocenters. The molecule has 13 heteroatoms. The predicted octanol–water partition coefficient (Wildman–Crippen LogP) is -7.96. The summed E-state index contributed by atoms with van der Waals surface area (Å²) in [4.78, 5) is 47.8. The van der Waals surface area contributed by atoms with Crippen LogP contribution in [0.15, 0.2) is 48.5 Å². The second-order valence-electron chi connectivity index (χ2n) is 7.43. The summed E-state index contributed by atoms with van der Waals surface area (Å²) in [5.74, 6) is -3.09. The second kappa shape index (κ2) is 17.4. The number of nitrogens with zero attached hydrogens (tertiary/aromatic N) is 1.